The molecule has 1 saturated heterocycles. The van der Waals surface area contributed by atoms with Crippen molar-refractivity contribution in [3.63, 3.8) is 0 Å². The lowest BCUT2D eigenvalue weighted by molar-refractivity contribution is 0.331. The van der Waals surface area contributed by atoms with Crippen molar-refractivity contribution < 1.29 is 4.74 Å². The molecule has 4 heterocycles. The lowest BCUT2D eigenvalue weighted by atomic mass is 10.1. The van der Waals surface area contributed by atoms with Gasteiger partial charge in [-0.1, -0.05) is 29.8 Å². The Bertz CT molecular complexity index is 1210. The number of hydrogen-bond donors (Lipinski definition) is 1. The summed E-state index contributed by atoms with van der Waals surface area (Å²) in [5.74, 6) is 1.41. The van der Waals surface area contributed by atoms with Crippen LogP contribution in [-0.4, -0.2) is 47.7 Å². The van der Waals surface area contributed by atoms with Crippen LogP contribution in [0.1, 0.15) is 18.1 Å². The maximum atomic E-state index is 5.94. The van der Waals surface area contributed by atoms with Crippen molar-refractivity contribution in [2.24, 2.45) is 0 Å². The minimum Gasteiger partial charge on any atom is -0.477 e. The van der Waals surface area contributed by atoms with Gasteiger partial charge >= 0.3 is 0 Å². The second-order valence-corrected chi connectivity index (χ2v) is 8.65. The SMILES string of the molecule is CCOc1nc(N2CCNCC2)nc2c1sc1nc(-c3ccc(C)cc3)cc(C)c12. The van der Waals surface area contributed by atoms with Crippen LogP contribution in [0, 0.1) is 13.8 Å². The summed E-state index contributed by atoms with van der Waals surface area (Å²) in [6.07, 6.45) is 0. The first-order chi connectivity index (χ1) is 14.6. The van der Waals surface area contributed by atoms with Crippen molar-refractivity contribution >= 4 is 37.7 Å². The fraction of sp³-hybridized carbons (Fsp3) is 0.348. The van der Waals surface area contributed by atoms with E-state index in [0.717, 1.165) is 63.8 Å². The summed E-state index contributed by atoms with van der Waals surface area (Å²) in [4.78, 5) is 18.0. The van der Waals surface area contributed by atoms with Crippen LogP contribution in [0.25, 0.3) is 31.7 Å². The van der Waals surface area contributed by atoms with E-state index in [2.05, 4.69) is 54.4 Å². The minimum atomic E-state index is 0.572. The van der Waals surface area contributed by atoms with Crippen LogP contribution >= 0.6 is 11.3 Å². The molecule has 30 heavy (non-hydrogen) atoms. The first kappa shape index (κ1) is 19.2. The van der Waals surface area contributed by atoms with Crippen molar-refractivity contribution in [1.82, 2.24) is 20.3 Å². The summed E-state index contributed by atoms with van der Waals surface area (Å²) in [5.41, 5.74) is 5.48. The number of nitrogens with zero attached hydrogens (tertiary/aromatic N) is 4. The Labute approximate surface area is 179 Å². The highest BCUT2D eigenvalue weighted by Crippen LogP contribution is 2.40. The summed E-state index contributed by atoms with van der Waals surface area (Å²) < 4.78 is 6.91. The molecule has 0 unspecified atom stereocenters. The van der Waals surface area contributed by atoms with E-state index in [1.807, 2.05) is 6.92 Å². The van der Waals surface area contributed by atoms with Gasteiger partial charge in [-0.3, -0.25) is 0 Å². The number of ether oxygens (including phenoxy) is 1. The number of hydrogen-bond acceptors (Lipinski definition) is 7. The van der Waals surface area contributed by atoms with E-state index < -0.39 is 0 Å². The smallest absolute Gasteiger partial charge is 0.236 e. The highest BCUT2D eigenvalue weighted by atomic mass is 32.1. The van der Waals surface area contributed by atoms with Gasteiger partial charge in [0.25, 0.3) is 0 Å². The number of anilines is 1. The molecule has 0 saturated carbocycles. The number of aryl methyl sites for hydroxylation is 2. The van der Waals surface area contributed by atoms with Gasteiger partial charge in [0.1, 0.15) is 15.0 Å². The molecule has 0 aliphatic carbocycles. The molecule has 7 heteroatoms. The standard InChI is InChI=1S/C23H25N5OS/c1-4-29-21-20-19(26-23(27-21)28-11-9-24-10-12-28)18-15(3)13-17(25-22(18)30-20)16-7-5-14(2)6-8-16/h5-8,13,24H,4,9-12H2,1-3H3. The lowest BCUT2D eigenvalue weighted by Gasteiger charge is -2.27. The Hall–Kier alpha value is -2.77. The Morgan fingerprint density at radius 3 is 2.57 bits per heavy atom. The van der Waals surface area contributed by atoms with Gasteiger partial charge in [-0.25, -0.2) is 9.97 Å². The number of rotatable bonds is 4. The molecule has 0 amide bonds. The molecule has 1 aliphatic heterocycles. The molecule has 1 N–H and O–H groups in total. The average Bonchev–Trinajstić information content (AvgIpc) is 3.14. The molecule has 3 aromatic heterocycles. The number of thiophene rings is 1. The van der Waals surface area contributed by atoms with Crippen molar-refractivity contribution in [1.29, 1.82) is 0 Å². The van der Waals surface area contributed by atoms with Crippen LogP contribution in [0.3, 0.4) is 0 Å². The third-order valence-corrected chi connectivity index (χ3v) is 6.53. The summed E-state index contributed by atoms with van der Waals surface area (Å²) in [6, 6.07) is 10.7. The Balaban J connectivity index is 1.70. The normalized spacial score (nSPS) is 14.6. The number of pyridine rings is 1. The van der Waals surface area contributed by atoms with Crippen molar-refractivity contribution in [2.45, 2.75) is 20.8 Å². The molecule has 0 atom stereocenters. The fourth-order valence-electron chi connectivity index (χ4n) is 3.90. The molecular formula is C23H25N5OS. The molecule has 1 aromatic carbocycles. The van der Waals surface area contributed by atoms with E-state index in [1.165, 1.54) is 11.1 Å². The molecule has 5 rings (SSSR count). The average molecular weight is 420 g/mol. The fourth-order valence-corrected chi connectivity index (χ4v) is 5.03. The molecule has 4 aromatic rings. The van der Waals surface area contributed by atoms with Crippen LogP contribution < -0.4 is 15.0 Å². The summed E-state index contributed by atoms with van der Waals surface area (Å²) >= 11 is 1.62. The molecule has 1 aliphatic rings. The Kier molecular flexibility index (Phi) is 5.00. The van der Waals surface area contributed by atoms with E-state index in [0.29, 0.717) is 12.5 Å². The lowest BCUT2D eigenvalue weighted by Crippen LogP contribution is -2.44. The van der Waals surface area contributed by atoms with E-state index in [-0.39, 0.29) is 0 Å². The third-order valence-electron chi connectivity index (χ3n) is 5.47. The zero-order chi connectivity index (χ0) is 20.7. The summed E-state index contributed by atoms with van der Waals surface area (Å²) in [5, 5.41) is 4.49. The van der Waals surface area contributed by atoms with Gasteiger partial charge in [0, 0.05) is 37.1 Å². The largest absolute Gasteiger partial charge is 0.477 e. The van der Waals surface area contributed by atoms with Crippen molar-refractivity contribution in [3.8, 4) is 17.1 Å². The molecule has 0 spiro atoms. The maximum Gasteiger partial charge on any atom is 0.236 e. The zero-order valence-electron chi connectivity index (χ0n) is 17.5. The monoisotopic (exact) mass is 419 g/mol. The van der Waals surface area contributed by atoms with Gasteiger partial charge in [-0.05, 0) is 32.4 Å². The Morgan fingerprint density at radius 1 is 1.07 bits per heavy atom. The van der Waals surface area contributed by atoms with Gasteiger partial charge in [0.05, 0.1) is 12.3 Å². The third kappa shape index (κ3) is 3.38. The Morgan fingerprint density at radius 2 is 1.83 bits per heavy atom. The van der Waals surface area contributed by atoms with Gasteiger partial charge < -0.3 is 15.0 Å². The van der Waals surface area contributed by atoms with Gasteiger partial charge in [0.2, 0.25) is 11.8 Å². The second kappa shape index (κ2) is 7.81. The van der Waals surface area contributed by atoms with Gasteiger partial charge in [0.15, 0.2) is 0 Å². The number of piperazine rings is 1. The predicted octanol–water partition coefficient (Wildman–Crippen LogP) is 4.33. The van der Waals surface area contributed by atoms with E-state index in [4.69, 9.17) is 19.7 Å². The van der Waals surface area contributed by atoms with E-state index >= 15 is 0 Å². The number of benzene rings is 1. The van der Waals surface area contributed by atoms with Crippen molar-refractivity contribution in [3.05, 3.63) is 41.5 Å². The number of fused-ring (bicyclic) bond motifs is 3. The molecule has 0 bridgehead atoms. The van der Waals surface area contributed by atoms with Crippen LogP contribution in [0.4, 0.5) is 5.95 Å². The predicted molar refractivity (Wildman–Crippen MR) is 124 cm³/mol. The molecule has 154 valence electrons. The van der Waals surface area contributed by atoms with Gasteiger partial charge in [-0.15, -0.1) is 11.3 Å². The second-order valence-electron chi connectivity index (χ2n) is 7.65. The van der Waals surface area contributed by atoms with E-state index in [9.17, 15) is 0 Å². The van der Waals surface area contributed by atoms with Crippen LogP contribution in [0.2, 0.25) is 0 Å². The zero-order valence-corrected chi connectivity index (χ0v) is 18.3. The summed E-state index contributed by atoms with van der Waals surface area (Å²) in [7, 11) is 0. The molecule has 0 radical (unpaired) electrons. The van der Waals surface area contributed by atoms with Crippen molar-refractivity contribution in [2.75, 3.05) is 37.7 Å². The number of nitrogens with one attached hydrogen (secondary N) is 1. The minimum absolute atomic E-state index is 0.572. The van der Waals surface area contributed by atoms with Crippen LogP contribution in [0.5, 0.6) is 5.88 Å². The summed E-state index contributed by atoms with van der Waals surface area (Å²) in [6.45, 7) is 10.5. The highest BCUT2D eigenvalue weighted by molar-refractivity contribution is 7.25. The molecular weight excluding hydrogens is 394 g/mol. The van der Waals surface area contributed by atoms with Crippen LogP contribution in [0.15, 0.2) is 30.3 Å². The van der Waals surface area contributed by atoms with E-state index in [1.54, 1.807) is 11.3 Å². The first-order valence-electron chi connectivity index (χ1n) is 10.4. The highest BCUT2D eigenvalue weighted by Gasteiger charge is 2.21. The topological polar surface area (TPSA) is 63.2 Å². The first-order valence-corrected chi connectivity index (χ1v) is 11.2. The molecule has 6 nitrogen and oxygen atoms in total. The van der Waals surface area contributed by atoms with Gasteiger partial charge in [-0.2, -0.15) is 4.98 Å². The van der Waals surface area contributed by atoms with Crippen LogP contribution in [-0.2, 0) is 0 Å². The maximum absolute atomic E-state index is 5.94. The number of aromatic nitrogens is 3. The quantitative estimate of drug-likeness (QED) is 0.531. The molecule has 1 fully saturated rings.